The van der Waals surface area contributed by atoms with Gasteiger partial charge in [0.15, 0.2) is 0 Å². The molecule has 2 unspecified atom stereocenters. The minimum Gasteiger partial charge on any atom is -0.380 e. The van der Waals surface area contributed by atoms with Crippen LogP contribution in [0.3, 0.4) is 0 Å². The highest BCUT2D eigenvalue weighted by Crippen LogP contribution is 2.32. The predicted octanol–water partition coefficient (Wildman–Crippen LogP) is 1.55. The Kier molecular flexibility index (Phi) is 2.92. The van der Waals surface area contributed by atoms with E-state index in [0.717, 1.165) is 38.5 Å². The lowest BCUT2D eigenvalue weighted by Gasteiger charge is -2.32. The van der Waals surface area contributed by atoms with Gasteiger partial charge in [-0.3, -0.25) is 0 Å². The summed E-state index contributed by atoms with van der Waals surface area (Å²) in [5.74, 6) is 1.72. The van der Waals surface area contributed by atoms with Crippen molar-refractivity contribution in [2.75, 3.05) is 26.3 Å². The number of ether oxygens (including phenoxy) is 1. The van der Waals surface area contributed by atoms with Crippen LogP contribution in [0.15, 0.2) is 6.20 Å². The molecule has 2 N–H and O–H groups in total. The second-order valence-electron chi connectivity index (χ2n) is 5.59. The number of nitrogens with zero attached hydrogens (tertiary/aromatic N) is 1. The molecule has 2 aliphatic heterocycles. The summed E-state index contributed by atoms with van der Waals surface area (Å²) in [4.78, 5) is 8.10. The Bertz CT molecular complexity index is 376. The number of aromatic amines is 1. The van der Waals surface area contributed by atoms with E-state index < -0.39 is 0 Å². The molecule has 94 valence electrons. The zero-order chi connectivity index (χ0) is 11.7. The van der Waals surface area contributed by atoms with Gasteiger partial charge in [-0.25, -0.2) is 4.98 Å². The molecule has 3 rings (SSSR count). The van der Waals surface area contributed by atoms with Crippen molar-refractivity contribution in [3.05, 3.63) is 17.7 Å². The molecule has 0 saturated carbocycles. The summed E-state index contributed by atoms with van der Waals surface area (Å²) in [6, 6.07) is 0. The fraction of sp³-hybridized carbons (Fsp3) is 0.769. The van der Waals surface area contributed by atoms with Gasteiger partial charge in [0, 0.05) is 36.4 Å². The van der Waals surface area contributed by atoms with Crippen molar-refractivity contribution < 1.29 is 4.74 Å². The third-order valence-corrected chi connectivity index (χ3v) is 4.13. The third-order valence-electron chi connectivity index (χ3n) is 4.13. The molecule has 1 aromatic heterocycles. The van der Waals surface area contributed by atoms with Gasteiger partial charge in [0.1, 0.15) is 5.82 Å². The van der Waals surface area contributed by atoms with Crippen LogP contribution in [0.1, 0.15) is 43.6 Å². The fourth-order valence-corrected chi connectivity index (χ4v) is 2.89. The van der Waals surface area contributed by atoms with E-state index in [4.69, 9.17) is 4.74 Å². The van der Waals surface area contributed by atoms with Crippen LogP contribution in [0.4, 0.5) is 0 Å². The Labute approximate surface area is 102 Å². The Morgan fingerprint density at radius 3 is 3.18 bits per heavy atom. The molecule has 0 spiro atoms. The number of nitrogens with one attached hydrogen (secondary N) is 2. The van der Waals surface area contributed by atoms with Crippen LogP contribution in [-0.4, -0.2) is 36.3 Å². The predicted molar refractivity (Wildman–Crippen MR) is 66.2 cm³/mol. The van der Waals surface area contributed by atoms with E-state index in [0.29, 0.717) is 5.92 Å². The van der Waals surface area contributed by atoms with Gasteiger partial charge in [0.05, 0.1) is 6.61 Å². The van der Waals surface area contributed by atoms with E-state index in [-0.39, 0.29) is 5.41 Å². The first-order valence-corrected chi connectivity index (χ1v) is 6.62. The summed E-state index contributed by atoms with van der Waals surface area (Å²) in [6.07, 6.45) is 5.55. The molecule has 0 amide bonds. The van der Waals surface area contributed by atoms with Crippen LogP contribution in [0.5, 0.6) is 0 Å². The van der Waals surface area contributed by atoms with E-state index in [9.17, 15) is 0 Å². The monoisotopic (exact) mass is 235 g/mol. The lowest BCUT2D eigenvalue weighted by molar-refractivity contribution is 0.0403. The normalized spacial score (nSPS) is 34.1. The smallest absolute Gasteiger partial charge is 0.110 e. The van der Waals surface area contributed by atoms with Gasteiger partial charge in [-0.05, 0) is 25.8 Å². The van der Waals surface area contributed by atoms with Crippen LogP contribution in [-0.2, 0) is 10.2 Å². The highest BCUT2D eigenvalue weighted by molar-refractivity contribution is 5.17. The van der Waals surface area contributed by atoms with Gasteiger partial charge in [0.2, 0.25) is 0 Å². The standard InChI is InChI=1S/C13H21N3O/c1-13(4-2-6-17-9-13)11-8-15-12(16-11)10-3-5-14-7-10/h8,10,14H,2-7,9H2,1H3,(H,15,16). The van der Waals surface area contributed by atoms with Crippen LogP contribution in [0.2, 0.25) is 0 Å². The van der Waals surface area contributed by atoms with Crippen molar-refractivity contribution in [1.82, 2.24) is 15.3 Å². The quantitative estimate of drug-likeness (QED) is 0.818. The van der Waals surface area contributed by atoms with Gasteiger partial charge in [-0.1, -0.05) is 6.92 Å². The lowest BCUT2D eigenvalue weighted by Crippen LogP contribution is -2.33. The minimum atomic E-state index is 0.134. The van der Waals surface area contributed by atoms with Gasteiger partial charge >= 0.3 is 0 Å². The summed E-state index contributed by atoms with van der Waals surface area (Å²) < 4.78 is 5.61. The topological polar surface area (TPSA) is 49.9 Å². The van der Waals surface area contributed by atoms with E-state index >= 15 is 0 Å². The van der Waals surface area contributed by atoms with E-state index in [1.165, 1.54) is 18.5 Å². The zero-order valence-corrected chi connectivity index (χ0v) is 10.5. The fourth-order valence-electron chi connectivity index (χ4n) is 2.89. The van der Waals surface area contributed by atoms with Crippen LogP contribution in [0, 0.1) is 0 Å². The van der Waals surface area contributed by atoms with Crippen molar-refractivity contribution in [3.63, 3.8) is 0 Å². The first kappa shape index (κ1) is 11.2. The summed E-state index contributed by atoms with van der Waals surface area (Å²) >= 11 is 0. The number of hydrogen-bond donors (Lipinski definition) is 2. The van der Waals surface area contributed by atoms with Crippen molar-refractivity contribution in [2.24, 2.45) is 0 Å². The Morgan fingerprint density at radius 1 is 1.53 bits per heavy atom. The molecule has 4 heteroatoms. The Hall–Kier alpha value is -0.870. The maximum atomic E-state index is 5.61. The van der Waals surface area contributed by atoms with Crippen LogP contribution < -0.4 is 5.32 Å². The SMILES string of the molecule is CC1(c2cnc(C3CCNC3)[nH]2)CCCOC1. The van der Waals surface area contributed by atoms with E-state index in [2.05, 4.69) is 22.2 Å². The molecule has 0 radical (unpaired) electrons. The summed E-state index contributed by atoms with van der Waals surface area (Å²) in [7, 11) is 0. The number of H-pyrrole nitrogens is 1. The molecule has 2 fully saturated rings. The van der Waals surface area contributed by atoms with Gasteiger partial charge in [-0.2, -0.15) is 0 Å². The van der Waals surface area contributed by atoms with Gasteiger partial charge < -0.3 is 15.0 Å². The number of aromatic nitrogens is 2. The van der Waals surface area contributed by atoms with Crippen molar-refractivity contribution in [3.8, 4) is 0 Å². The molecule has 2 saturated heterocycles. The first-order valence-electron chi connectivity index (χ1n) is 6.62. The Morgan fingerprint density at radius 2 is 2.47 bits per heavy atom. The molecular formula is C13H21N3O. The number of rotatable bonds is 2. The van der Waals surface area contributed by atoms with Crippen molar-refractivity contribution in [1.29, 1.82) is 0 Å². The first-order chi connectivity index (χ1) is 8.28. The Balaban J connectivity index is 1.78. The molecule has 1 aromatic rings. The van der Waals surface area contributed by atoms with Crippen LogP contribution in [0.25, 0.3) is 0 Å². The molecule has 4 nitrogen and oxygen atoms in total. The number of hydrogen-bond acceptors (Lipinski definition) is 3. The molecule has 2 atom stereocenters. The summed E-state index contributed by atoms with van der Waals surface area (Å²) in [5, 5.41) is 3.38. The molecule has 0 bridgehead atoms. The molecule has 0 aromatic carbocycles. The summed E-state index contributed by atoms with van der Waals surface area (Å²) in [5.41, 5.74) is 1.38. The molecular weight excluding hydrogens is 214 g/mol. The largest absolute Gasteiger partial charge is 0.380 e. The minimum absolute atomic E-state index is 0.134. The highest BCUT2D eigenvalue weighted by atomic mass is 16.5. The van der Waals surface area contributed by atoms with E-state index in [1.54, 1.807) is 0 Å². The molecule has 0 aliphatic carbocycles. The molecule has 2 aliphatic rings. The van der Waals surface area contributed by atoms with Crippen molar-refractivity contribution in [2.45, 2.75) is 37.5 Å². The lowest BCUT2D eigenvalue weighted by atomic mass is 9.82. The number of imidazole rings is 1. The summed E-state index contributed by atoms with van der Waals surface area (Å²) in [6.45, 7) is 6.16. The maximum absolute atomic E-state index is 5.61. The second-order valence-corrected chi connectivity index (χ2v) is 5.59. The van der Waals surface area contributed by atoms with Gasteiger partial charge in [-0.15, -0.1) is 0 Å². The third kappa shape index (κ3) is 2.11. The molecule has 3 heterocycles. The average molecular weight is 235 g/mol. The van der Waals surface area contributed by atoms with Crippen molar-refractivity contribution >= 4 is 0 Å². The molecule has 17 heavy (non-hydrogen) atoms. The maximum Gasteiger partial charge on any atom is 0.110 e. The van der Waals surface area contributed by atoms with Crippen LogP contribution >= 0.6 is 0 Å². The highest BCUT2D eigenvalue weighted by Gasteiger charge is 2.32. The van der Waals surface area contributed by atoms with Gasteiger partial charge in [0.25, 0.3) is 0 Å². The second kappa shape index (κ2) is 4.42. The van der Waals surface area contributed by atoms with E-state index in [1.807, 2.05) is 6.20 Å². The zero-order valence-electron chi connectivity index (χ0n) is 10.5. The average Bonchev–Trinajstić information content (AvgIpc) is 3.01.